The van der Waals surface area contributed by atoms with Gasteiger partial charge in [-0.05, 0) is 20.3 Å². The predicted molar refractivity (Wildman–Crippen MR) is 60.4 cm³/mol. The molecule has 0 atom stereocenters. The fraction of sp³-hybridized carbons (Fsp3) is 0.455. The zero-order valence-electron chi connectivity index (χ0n) is 9.80. The normalized spacial score (nSPS) is 10.7. The van der Waals surface area contributed by atoms with Crippen molar-refractivity contribution in [1.29, 1.82) is 0 Å². The second-order valence-corrected chi connectivity index (χ2v) is 3.75. The average molecular weight is 217 g/mol. The van der Waals surface area contributed by atoms with Crippen LogP contribution in [0.1, 0.15) is 30.6 Å². The molecule has 0 aliphatic carbocycles. The number of hydrogen-bond acceptors (Lipinski definition) is 4. The van der Waals surface area contributed by atoms with E-state index < -0.39 is 0 Å². The van der Waals surface area contributed by atoms with Crippen molar-refractivity contribution in [3.05, 3.63) is 29.6 Å². The van der Waals surface area contributed by atoms with E-state index in [0.717, 1.165) is 30.1 Å². The van der Waals surface area contributed by atoms with Gasteiger partial charge in [0.25, 0.3) is 5.95 Å². The summed E-state index contributed by atoms with van der Waals surface area (Å²) in [5.41, 5.74) is 1.77. The number of aromatic nitrogens is 5. The first-order valence-electron chi connectivity index (χ1n) is 5.43. The lowest BCUT2D eigenvalue weighted by Gasteiger charge is -2.05. The van der Waals surface area contributed by atoms with Gasteiger partial charge in [-0.1, -0.05) is 6.92 Å². The van der Waals surface area contributed by atoms with Crippen LogP contribution in [0.4, 0.5) is 0 Å². The summed E-state index contributed by atoms with van der Waals surface area (Å²) in [6.45, 7) is 5.96. The molecule has 16 heavy (non-hydrogen) atoms. The molecule has 2 aromatic heterocycles. The molecule has 2 rings (SSSR count). The maximum absolute atomic E-state index is 4.41. The Kier molecular flexibility index (Phi) is 2.94. The first-order valence-corrected chi connectivity index (χ1v) is 5.43. The Bertz CT molecular complexity index is 489. The highest BCUT2D eigenvalue weighted by Crippen LogP contribution is 2.08. The van der Waals surface area contributed by atoms with Gasteiger partial charge < -0.3 is 0 Å². The Hall–Kier alpha value is -1.78. The maximum atomic E-state index is 4.41. The lowest BCUT2D eigenvalue weighted by Crippen LogP contribution is -2.08. The molecule has 2 heterocycles. The zero-order valence-corrected chi connectivity index (χ0v) is 9.80. The number of aryl methyl sites for hydroxylation is 3. The summed E-state index contributed by atoms with van der Waals surface area (Å²) in [5.74, 6) is 1.58. The van der Waals surface area contributed by atoms with Crippen LogP contribution in [0.25, 0.3) is 5.95 Å². The Morgan fingerprint density at radius 1 is 1.19 bits per heavy atom. The molecule has 5 nitrogen and oxygen atoms in total. The molecule has 0 fully saturated rings. The van der Waals surface area contributed by atoms with Crippen LogP contribution in [0.3, 0.4) is 0 Å². The maximum Gasteiger partial charge on any atom is 0.255 e. The van der Waals surface area contributed by atoms with Crippen LogP contribution < -0.4 is 0 Å². The van der Waals surface area contributed by atoms with Gasteiger partial charge in [-0.25, -0.2) is 9.97 Å². The molecule has 0 amide bonds. The summed E-state index contributed by atoms with van der Waals surface area (Å²) in [7, 11) is 0. The highest BCUT2D eigenvalue weighted by atomic mass is 15.3. The van der Waals surface area contributed by atoms with Gasteiger partial charge in [0, 0.05) is 18.8 Å². The van der Waals surface area contributed by atoms with Gasteiger partial charge in [-0.2, -0.15) is 5.10 Å². The molecule has 84 valence electrons. The van der Waals surface area contributed by atoms with E-state index in [9.17, 15) is 0 Å². The van der Waals surface area contributed by atoms with Crippen molar-refractivity contribution < 1.29 is 0 Å². The molecule has 0 spiro atoms. The van der Waals surface area contributed by atoms with Crippen LogP contribution in [0.15, 0.2) is 12.4 Å². The third-order valence-electron chi connectivity index (χ3n) is 2.49. The van der Waals surface area contributed by atoms with E-state index in [1.54, 1.807) is 6.20 Å². The van der Waals surface area contributed by atoms with Gasteiger partial charge in [-0.3, -0.25) is 4.57 Å². The summed E-state index contributed by atoms with van der Waals surface area (Å²) in [5, 5.41) is 8.16. The largest absolute Gasteiger partial charge is 0.270 e. The van der Waals surface area contributed by atoms with Crippen molar-refractivity contribution in [3.8, 4) is 5.95 Å². The van der Waals surface area contributed by atoms with Gasteiger partial charge in [0.2, 0.25) is 0 Å². The number of nitrogens with zero attached hydrogens (tertiary/aromatic N) is 5. The van der Waals surface area contributed by atoms with E-state index in [-0.39, 0.29) is 0 Å². The van der Waals surface area contributed by atoms with Crippen LogP contribution >= 0.6 is 0 Å². The van der Waals surface area contributed by atoms with Crippen molar-refractivity contribution in [2.24, 2.45) is 0 Å². The monoisotopic (exact) mass is 217 g/mol. The molecule has 0 unspecified atom stereocenters. The molecular formula is C11H15N5. The zero-order chi connectivity index (χ0) is 11.5. The van der Waals surface area contributed by atoms with E-state index in [1.165, 1.54) is 0 Å². The van der Waals surface area contributed by atoms with Crippen molar-refractivity contribution >= 4 is 0 Å². The minimum Gasteiger partial charge on any atom is -0.270 e. The standard InChI is InChI=1S/C11H15N5/c1-4-5-10-12-6-7-16(10)11-13-8(2)9(3)14-15-11/h6-7H,4-5H2,1-3H3. The topological polar surface area (TPSA) is 56.5 Å². The van der Waals surface area contributed by atoms with Gasteiger partial charge >= 0.3 is 0 Å². The highest BCUT2D eigenvalue weighted by molar-refractivity contribution is 5.17. The fourth-order valence-corrected chi connectivity index (χ4v) is 1.47. The minimum atomic E-state index is 0.601. The van der Waals surface area contributed by atoms with Crippen LogP contribution in [-0.2, 0) is 6.42 Å². The van der Waals surface area contributed by atoms with E-state index in [0.29, 0.717) is 5.95 Å². The Labute approximate surface area is 94.6 Å². The molecule has 0 aliphatic rings. The number of hydrogen-bond donors (Lipinski definition) is 0. The van der Waals surface area contributed by atoms with Gasteiger partial charge in [0.05, 0.1) is 11.4 Å². The van der Waals surface area contributed by atoms with Gasteiger partial charge in [-0.15, -0.1) is 5.10 Å². The molecular weight excluding hydrogens is 202 g/mol. The summed E-state index contributed by atoms with van der Waals surface area (Å²) >= 11 is 0. The molecule has 0 N–H and O–H groups in total. The van der Waals surface area contributed by atoms with Gasteiger partial charge in [0.1, 0.15) is 5.82 Å². The predicted octanol–water partition coefficient (Wildman–Crippen LogP) is 1.63. The third-order valence-corrected chi connectivity index (χ3v) is 2.49. The molecule has 0 bridgehead atoms. The minimum absolute atomic E-state index is 0.601. The first kappa shape index (κ1) is 10.7. The lowest BCUT2D eigenvalue weighted by molar-refractivity contribution is 0.750. The molecule has 5 heteroatoms. The molecule has 0 aliphatic heterocycles. The quantitative estimate of drug-likeness (QED) is 0.784. The Morgan fingerprint density at radius 3 is 2.69 bits per heavy atom. The van der Waals surface area contributed by atoms with Crippen molar-refractivity contribution in [2.75, 3.05) is 0 Å². The Balaban J connectivity index is 2.42. The molecule has 0 radical (unpaired) electrons. The lowest BCUT2D eigenvalue weighted by atomic mass is 10.3. The molecule has 0 saturated carbocycles. The van der Waals surface area contributed by atoms with Crippen LogP contribution in [0, 0.1) is 13.8 Å². The van der Waals surface area contributed by atoms with E-state index in [1.807, 2.05) is 24.6 Å². The first-order chi connectivity index (χ1) is 7.72. The van der Waals surface area contributed by atoms with Crippen molar-refractivity contribution in [3.63, 3.8) is 0 Å². The van der Waals surface area contributed by atoms with Crippen LogP contribution in [0.2, 0.25) is 0 Å². The second-order valence-electron chi connectivity index (χ2n) is 3.75. The van der Waals surface area contributed by atoms with E-state index in [2.05, 4.69) is 27.1 Å². The van der Waals surface area contributed by atoms with Crippen molar-refractivity contribution in [2.45, 2.75) is 33.6 Å². The molecule has 0 aromatic carbocycles. The average Bonchev–Trinajstić information content (AvgIpc) is 2.71. The summed E-state index contributed by atoms with van der Waals surface area (Å²) < 4.78 is 1.89. The summed E-state index contributed by atoms with van der Waals surface area (Å²) in [6.07, 6.45) is 5.61. The molecule has 0 saturated heterocycles. The summed E-state index contributed by atoms with van der Waals surface area (Å²) in [6, 6.07) is 0. The van der Waals surface area contributed by atoms with E-state index in [4.69, 9.17) is 0 Å². The smallest absolute Gasteiger partial charge is 0.255 e. The summed E-state index contributed by atoms with van der Waals surface area (Å²) in [4.78, 5) is 8.70. The third kappa shape index (κ3) is 1.93. The SMILES string of the molecule is CCCc1nccn1-c1nnc(C)c(C)n1. The van der Waals surface area contributed by atoms with E-state index >= 15 is 0 Å². The van der Waals surface area contributed by atoms with Crippen molar-refractivity contribution in [1.82, 2.24) is 24.7 Å². The second kappa shape index (κ2) is 4.38. The van der Waals surface area contributed by atoms with Crippen LogP contribution in [0.5, 0.6) is 0 Å². The highest BCUT2D eigenvalue weighted by Gasteiger charge is 2.08. The fourth-order valence-electron chi connectivity index (χ4n) is 1.47. The number of rotatable bonds is 3. The molecule has 2 aromatic rings. The Morgan fingerprint density at radius 2 is 2.00 bits per heavy atom. The van der Waals surface area contributed by atoms with Crippen LogP contribution in [-0.4, -0.2) is 24.7 Å². The number of imidazole rings is 1. The van der Waals surface area contributed by atoms with Gasteiger partial charge in [0.15, 0.2) is 0 Å².